The first kappa shape index (κ1) is 21.9. The highest BCUT2D eigenvalue weighted by atomic mass is 16.5. The molecule has 0 unspecified atom stereocenters. The Morgan fingerprint density at radius 1 is 0.897 bits per heavy atom. The van der Waals surface area contributed by atoms with Gasteiger partial charge in [0.1, 0.15) is 0 Å². The quantitative estimate of drug-likeness (QED) is 0.642. The van der Waals surface area contributed by atoms with Crippen LogP contribution in [0.25, 0.3) is 0 Å². The Bertz CT molecular complexity index is 866. The molecule has 8 heteroatoms. The molecule has 0 radical (unpaired) electrons. The van der Waals surface area contributed by atoms with Gasteiger partial charge < -0.3 is 29.0 Å². The lowest BCUT2D eigenvalue weighted by Gasteiger charge is -2.20. The normalized spacial score (nSPS) is 11.2. The molecule has 0 heterocycles. The second-order valence-corrected chi connectivity index (χ2v) is 5.90. The Labute approximate surface area is 169 Å². The van der Waals surface area contributed by atoms with E-state index in [1.165, 1.54) is 40.6 Å². The summed E-state index contributed by atoms with van der Waals surface area (Å²) in [4.78, 5) is 25.0. The largest absolute Gasteiger partial charge is 0.493 e. The average molecular weight is 403 g/mol. The lowest BCUT2D eigenvalue weighted by atomic mass is 10.1. The van der Waals surface area contributed by atoms with Gasteiger partial charge in [-0.3, -0.25) is 4.79 Å². The predicted octanol–water partition coefficient (Wildman–Crippen LogP) is 3.30. The van der Waals surface area contributed by atoms with Crippen LogP contribution in [0.4, 0.5) is 5.69 Å². The van der Waals surface area contributed by atoms with Gasteiger partial charge in [-0.1, -0.05) is 19.1 Å². The van der Waals surface area contributed by atoms with Gasteiger partial charge in [-0.25, -0.2) is 4.79 Å². The molecule has 1 atom stereocenters. The van der Waals surface area contributed by atoms with E-state index in [9.17, 15) is 9.59 Å². The molecule has 2 aromatic carbocycles. The van der Waals surface area contributed by atoms with Gasteiger partial charge in [-0.15, -0.1) is 0 Å². The van der Waals surface area contributed by atoms with Crippen LogP contribution in [0.2, 0.25) is 0 Å². The highest BCUT2D eigenvalue weighted by molar-refractivity contribution is 6.03. The molecule has 0 bridgehead atoms. The zero-order valence-corrected chi connectivity index (χ0v) is 17.1. The van der Waals surface area contributed by atoms with E-state index < -0.39 is 18.0 Å². The number of amides is 1. The molecule has 0 aromatic heterocycles. The highest BCUT2D eigenvalue weighted by Crippen LogP contribution is 2.34. The highest BCUT2D eigenvalue weighted by Gasteiger charge is 2.24. The van der Waals surface area contributed by atoms with Crippen LogP contribution >= 0.6 is 0 Å². The first-order valence-electron chi connectivity index (χ1n) is 8.93. The number of anilines is 1. The molecule has 2 rings (SSSR count). The van der Waals surface area contributed by atoms with Gasteiger partial charge in [-0.2, -0.15) is 0 Å². The van der Waals surface area contributed by atoms with Crippen LogP contribution in [0.15, 0.2) is 36.4 Å². The fraction of sp³-hybridized carbons (Fsp3) is 0.333. The number of methoxy groups -OCH3 is 4. The molecule has 0 saturated heterocycles. The second-order valence-electron chi connectivity index (χ2n) is 5.90. The molecule has 0 aliphatic rings. The first-order valence-corrected chi connectivity index (χ1v) is 8.93. The van der Waals surface area contributed by atoms with Crippen molar-refractivity contribution in [3.63, 3.8) is 0 Å². The summed E-state index contributed by atoms with van der Waals surface area (Å²) in [5.74, 6) is 0.589. The SMILES string of the molecule is CC[C@H](Oc1ccccc1OC)C(=O)Nc1cc(OC)c(OC)cc1C(=O)OC. The van der Waals surface area contributed by atoms with E-state index in [-0.39, 0.29) is 11.3 Å². The Balaban J connectivity index is 2.32. The zero-order chi connectivity index (χ0) is 21.4. The van der Waals surface area contributed by atoms with Crippen molar-refractivity contribution >= 4 is 17.6 Å². The summed E-state index contributed by atoms with van der Waals surface area (Å²) in [5, 5.41) is 2.72. The summed E-state index contributed by atoms with van der Waals surface area (Å²) in [6.07, 6.45) is -0.421. The maximum Gasteiger partial charge on any atom is 0.340 e. The van der Waals surface area contributed by atoms with Crippen LogP contribution in [0.1, 0.15) is 23.7 Å². The van der Waals surface area contributed by atoms with Crippen molar-refractivity contribution in [2.45, 2.75) is 19.4 Å². The van der Waals surface area contributed by atoms with Crippen LogP contribution in [-0.4, -0.2) is 46.4 Å². The number of benzene rings is 2. The molecule has 1 N–H and O–H groups in total. The average Bonchev–Trinajstić information content (AvgIpc) is 2.76. The predicted molar refractivity (Wildman–Crippen MR) is 107 cm³/mol. The van der Waals surface area contributed by atoms with Crippen LogP contribution in [-0.2, 0) is 9.53 Å². The molecular formula is C21H25NO7. The van der Waals surface area contributed by atoms with E-state index in [1.54, 1.807) is 24.3 Å². The number of carbonyl (C=O) groups is 2. The van der Waals surface area contributed by atoms with Crippen LogP contribution in [0.3, 0.4) is 0 Å². The maximum atomic E-state index is 12.9. The van der Waals surface area contributed by atoms with Gasteiger partial charge in [-0.05, 0) is 18.6 Å². The number of esters is 1. The number of nitrogens with one attached hydrogen (secondary N) is 1. The minimum absolute atomic E-state index is 0.130. The molecule has 2 aromatic rings. The van der Waals surface area contributed by atoms with Crippen LogP contribution in [0.5, 0.6) is 23.0 Å². The number of hydrogen-bond donors (Lipinski definition) is 1. The van der Waals surface area contributed by atoms with Crippen LogP contribution in [0, 0.1) is 0 Å². The summed E-state index contributed by atoms with van der Waals surface area (Å²) < 4.78 is 26.4. The van der Waals surface area contributed by atoms with E-state index in [0.717, 1.165) is 0 Å². The van der Waals surface area contributed by atoms with E-state index in [0.29, 0.717) is 29.4 Å². The summed E-state index contributed by atoms with van der Waals surface area (Å²) in [6.45, 7) is 1.81. The minimum atomic E-state index is -0.815. The fourth-order valence-corrected chi connectivity index (χ4v) is 2.67. The molecule has 0 spiro atoms. The third kappa shape index (κ3) is 5.10. The number of rotatable bonds is 9. The lowest BCUT2D eigenvalue weighted by molar-refractivity contribution is -0.122. The maximum absolute atomic E-state index is 12.9. The van der Waals surface area contributed by atoms with Crippen molar-refractivity contribution in [3.05, 3.63) is 42.0 Å². The van der Waals surface area contributed by atoms with E-state index in [1.807, 2.05) is 6.92 Å². The van der Waals surface area contributed by atoms with Crippen molar-refractivity contribution in [3.8, 4) is 23.0 Å². The summed E-state index contributed by atoms with van der Waals surface area (Å²) in [5.41, 5.74) is 0.354. The third-order valence-corrected chi connectivity index (χ3v) is 4.19. The Hall–Kier alpha value is -3.42. The Morgan fingerprint density at radius 3 is 2.03 bits per heavy atom. The van der Waals surface area contributed by atoms with E-state index in [4.69, 9.17) is 23.7 Å². The molecule has 0 saturated carbocycles. The summed E-state index contributed by atoms with van der Waals surface area (Å²) in [6, 6.07) is 9.99. The van der Waals surface area contributed by atoms with E-state index >= 15 is 0 Å². The minimum Gasteiger partial charge on any atom is -0.493 e. The van der Waals surface area contributed by atoms with Gasteiger partial charge >= 0.3 is 5.97 Å². The molecular weight excluding hydrogens is 378 g/mol. The molecule has 29 heavy (non-hydrogen) atoms. The fourth-order valence-electron chi connectivity index (χ4n) is 2.67. The summed E-state index contributed by atoms with van der Waals surface area (Å²) >= 11 is 0. The zero-order valence-electron chi connectivity index (χ0n) is 17.1. The van der Waals surface area contributed by atoms with Gasteiger partial charge in [0.05, 0.1) is 39.7 Å². The van der Waals surface area contributed by atoms with Gasteiger partial charge in [0.2, 0.25) is 0 Å². The van der Waals surface area contributed by atoms with Gasteiger partial charge in [0.25, 0.3) is 5.91 Å². The molecule has 8 nitrogen and oxygen atoms in total. The van der Waals surface area contributed by atoms with Crippen molar-refractivity contribution in [2.75, 3.05) is 33.8 Å². The van der Waals surface area contributed by atoms with Crippen molar-refractivity contribution < 1.29 is 33.3 Å². The molecule has 0 fully saturated rings. The summed E-state index contributed by atoms with van der Waals surface area (Å²) in [7, 11) is 5.69. The van der Waals surface area contributed by atoms with Gasteiger partial charge in [0, 0.05) is 12.1 Å². The molecule has 0 aliphatic heterocycles. The molecule has 1 amide bonds. The van der Waals surface area contributed by atoms with Crippen molar-refractivity contribution in [2.24, 2.45) is 0 Å². The molecule has 0 aliphatic carbocycles. The first-order chi connectivity index (χ1) is 14.0. The van der Waals surface area contributed by atoms with Crippen LogP contribution < -0.4 is 24.3 Å². The number of para-hydroxylation sites is 2. The number of ether oxygens (including phenoxy) is 5. The van der Waals surface area contributed by atoms with Gasteiger partial charge in [0.15, 0.2) is 29.1 Å². The van der Waals surface area contributed by atoms with Crippen molar-refractivity contribution in [1.82, 2.24) is 0 Å². The smallest absolute Gasteiger partial charge is 0.340 e. The molecule has 156 valence electrons. The Kier molecular flexibility index (Phi) is 7.70. The number of carbonyl (C=O) groups excluding carboxylic acids is 2. The Morgan fingerprint density at radius 2 is 1.48 bits per heavy atom. The second kappa shape index (κ2) is 10.2. The van der Waals surface area contributed by atoms with E-state index in [2.05, 4.69) is 5.32 Å². The standard InChI is InChI=1S/C21H25NO7/c1-6-15(29-17-10-8-7-9-16(17)25-2)20(23)22-14-12-19(27-4)18(26-3)11-13(14)21(24)28-5/h7-12,15H,6H2,1-5H3,(H,22,23)/t15-/m0/s1. The monoisotopic (exact) mass is 403 g/mol. The topological polar surface area (TPSA) is 92.3 Å². The number of hydrogen-bond acceptors (Lipinski definition) is 7. The third-order valence-electron chi connectivity index (χ3n) is 4.19. The lowest BCUT2D eigenvalue weighted by Crippen LogP contribution is -2.33. The van der Waals surface area contributed by atoms with Crippen molar-refractivity contribution in [1.29, 1.82) is 0 Å².